The molecule has 0 aliphatic rings. The summed E-state index contributed by atoms with van der Waals surface area (Å²) in [6.07, 6.45) is 5.83. The van der Waals surface area contributed by atoms with Crippen molar-refractivity contribution in [2.45, 2.75) is 24.5 Å². The molecule has 0 aliphatic carbocycles. The molecular formula is C7H13Cl2GeO. The molecule has 0 heterocycles. The Balaban J connectivity index is 3.78. The van der Waals surface area contributed by atoms with Crippen molar-refractivity contribution in [3.8, 4) is 0 Å². The number of halogens is 2. The summed E-state index contributed by atoms with van der Waals surface area (Å²) in [6.45, 7) is 2.13. The van der Waals surface area contributed by atoms with Gasteiger partial charge in [-0.15, -0.1) is 0 Å². The van der Waals surface area contributed by atoms with Crippen LogP contribution in [0, 0.1) is 0 Å². The summed E-state index contributed by atoms with van der Waals surface area (Å²) in [5.74, 6) is 0. The van der Waals surface area contributed by atoms with Crippen LogP contribution in [0.4, 0.5) is 0 Å². The molecular weight excluding hydrogens is 244 g/mol. The maximum atomic E-state index is 5.88. The first-order valence-corrected chi connectivity index (χ1v) is 10.3. The van der Waals surface area contributed by atoms with E-state index in [0.717, 1.165) is 12.8 Å². The molecule has 0 amide bonds. The molecule has 0 aromatic heterocycles. The van der Waals surface area contributed by atoms with Crippen LogP contribution in [0.3, 0.4) is 0 Å². The summed E-state index contributed by atoms with van der Waals surface area (Å²) >= 11 is -1.80. The van der Waals surface area contributed by atoms with Gasteiger partial charge < -0.3 is 0 Å². The summed E-state index contributed by atoms with van der Waals surface area (Å²) < 4.78 is 5.18. The summed E-state index contributed by atoms with van der Waals surface area (Å²) in [5.41, 5.74) is 0. The Labute approximate surface area is 81.2 Å². The van der Waals surface area contributed by atoms with Crippen molar-refractivity contribution < 1.29 is 4.74 Å². The van der Waals surface area contributed by atoms with Crippen LogP contribution >= 0.6 is 20.0 Å². The van der Waals surface area contributed by atoms with Crippen LogP contribution in [0.2, 0.25) is 4.75 Å². The Morgan fingerprint density at radius 1 is 1.55 bits per heavy atom. The summed E-state index contributed by atoms with van der Waals surface area (Å²) in [4.78, 5) is 0. The predicted octanol–water partition coefficient (Wildman–Crippen LogP) is 3.28. The molecule has 65 valence electrons. The fourth-order valence-electron chi connectivity index (χ4n) is 0.762. The van der Waals surface area contributed by atoms with Gasteiger partial charge in [0.1, 0.15) is 0 Å². The van der Waals surface area contributed by atoms with E-state index in [0.29, 0.717) is 4.75 Å². The Kier molecular flexibility index (Phi) is 7.76. The first-order chi connectivity index (χ1) is 5.22. The molecule has 0 fully saturated rings. The fraction of sp³-hybridized carbons (Fsp3) is 0.714. The van der Waals surface area contributed by atoms with Crippen molar-refractivity contribution in [2.75, 3.05) is 7.11 Å². The first kappa shape index (κ1) is 11.7. The fourth-order valence-corrected chi connectivity index (χ4v) is 4.19. The zero-order valence-corrected chi connectivity index (χ0v) is 10.4. The minimum absolute atomic E-state index is 0.378. The van der Waals surface area contributed by atoms with Crippen molar-refractivity contribution in [3.63, 3.8) is 0 Å². The third-order valence-electron chi connectivity index (χ3n) is 1.33. The maximum absolute atomic E-state index is 5.88. The molecule has 0 aromatic rings. The van der Waals surface area contributed by atoms with Gasteiger partial charge in [0, 0.05) is 0 Å². The number of ether oxygens (including phenoxy) is 1. The molecule has 0 aromatic carbocycles. The summed E-state index contributed by atoms with van der Waals surface area (Å²) in [7, 11) is 13.4. The molecule has 0 N–H and O–H groups in total. The Bertz CT molecular complexity index is 117. The number of allylic oxidation sites excluding steroid dienone is 1. The van der Waals surface area contributed by atoms with Crippen LogP contribution in [0.25, 0.3) is 0 Å². The molecule has 11 heavy (non-hydrogen) atoms. The van der Waals surface area contributed by atoms with Crippen LogP contribution in [0.1, 0.15) is 19.8 Å². The average Bonchev–Trinajstić information content (AvgIpc) is 1.97. The van der Waals surface area contributed by atoms with E-state index in [1.165, 1.54) is 0 Å². The average molecular weight is 257 g/mol. The molecule has 0 spiro atoms. The van der Waals surface area contributed by atoms with E-state index < -0.39 is 12.5 Å². The van der Waals surface area contributed by atoms with E-state index in [9.17, 15) is 0 Å². The molecule has 0 saturated heterocycles. The van der Waals surface area contributed by atoms with E-state index in [1.54, 1.807) is 13.4 Å². The molecule has 0 saturated carbocycles. The van der Waals surface area contributed by atoms with Gasteiger partial charge >= 0.3 is 81.2 Å². The van der Waals surface area contributed by atoms with Crippen molar-refractivity contribution >= 4 is 32.5 Å². The molecule has 0 aliphatic heterocycles. The SMILES string of the molecule is CCC[CH](/C=C\OC)[Ge]([Cl])[Cl]. The predicted molar refractivity (Wildman–Crippen MR) is 52.3 cm³/mol. The molecule has 1 atom stereocenters. The van der Waals surface area contributed by atoms with Crippen LogP contribution in [0.15, 0.2) is 12.3 Å². The van der Waals surface area contributed by atoms with E-state index in [2.05, 4.69) is 6.92 Å². The Morgan fingerprint density at radius 3 is 2.55 bits per heavy atom. The first-order valence-electron chi connectivity index (χ1n) is 3.59. The second-order valence-corrected chi connectivity index (χ2v) is 10.3. The summed E-state index contributed by atoms with van der Waals surface area (Å²) in [5, 5.41) is 0. The van der Waals surface area contributed by atoms with Gasteiger partial charge in [0.15, 0.2) is 0 Å². The molecule has 1 unspecified atom stereocenters. The van der Waals surface area contributed by atoms with Crippen molar-refractivity contribution in [2.24, 2.45) is 0 Å². The second-order valence-electron chi connectivity index (χ2n) is 2.25. The van der Waals surface area contributed by atoms with Gasteiger partial charge in [0.2, 0.25) is 0 Å². The van der Waals surface area contributed by atoms with Crippen LogP contribution in [0.5, 0.6) is 0 Å². The van der Waals surface area contributed by atoms with Gasteiger partial charge in [0.25, 0.3) is 0 Å². The monoisotopic (exact) mass is 257 g/mol. The van der Waals surface area contributed by atoms with E-state index in [4.69, 9.17) is 24.8 Å². The van der Waals surface area contributed by atoms with Crippen molar-refractivity contribution in [1.82, 2.24) is 0 Å². The van der Waals surface area contributed by atoms with Gasteiger partial charge in [-0.3, -0.25) is 0 Å². The van der Waals surface area contributed by atoms with Crippen molar-refractivity contribution in [1.29, 1.82) is 0 Å². The number of hydrogen-bond acceptors (Lipinski definition) is 1. The molecule has 0 bridgehead atoms. The second kappa shape index (κ2) is 7.32. The summed E-state index contributed by atoms with van der Waals surface area (Å²) in [6, 6.07) is 0. The molecule has 1 radical (unpaired) electrons. The van der Waals surface area contributed by atoms with Gasteiger partial charge in [-0.1, -0.05) is 0 Å². The van der Waals surface area contributed by atoms with Gasteiger partial charge in [-0.05, 0) is 0 Å². The van der Waals surface area contributed by atoms with E-state index >= 15 is 0 Å². The van der Waals surface area contributed by atoms with Crippen molar-refractivity contribution in [3.05, 3.63) is 12.3 Å². The van der Waals surface area contributed by atoms with E-state index in [-0.39, 0.29) is 0 Å². The standard InChI is InChI=1S/C7H13Cl2GeO/c1-3-4-7(10(8)9)5-6-11-2/h5-7H,3-4H2,1-2H3/b6-5-. The third-order valence-corrected chi connectivity index (χ3v) is 6.43. The van der Waals surface area contributed by atoms with Crippen LogP contribution in [-0.4, -0.2) is 19.6 Å². The number of hydrogen-bond donors (Lipinski definition) is 0. The normalized spacial score (nSPS) is 14.3. The quantitative estimate of drug-likeness (QED) is 0.542. The Morgan fingerprint density at radius 2 is 2.18 bits per heavy atom. The zero-order valence-electron chi connectivity index (χ0n) is 6.81. The topological polar surface area (TPSA) is 9.23 Å². The van der Waals surface area contributed by atoms with Gasteiger partial charge in [-0.2, -0.15) is 0 Å². The number of methoxy groups -OCH3 is 1. The number of rotatable bonds is 5. The molecule has 4 heteroatoms. The third kappa shape index (κ3) is 5.88. The van der Waals surface area contributed by atoms with E-state index in [1.807, 2.05) is 6.08 Å². The molecule has 0 rings (SSSR count). The molecule has 1 nitrogen and oxygen atoms in total. The van der Waals surface area contributed by atoms with Crippen LogP contribution < -0.4 is 0 Å². The van der Waals surface area contributed by atoms with Gasteiger partial charge in [-0.25, -0.2) is 0 Å². The minimum atomic E-state index is -1.80. The Hall–Kier alpha value is 0.663. The zero-order chi connectivity index (χ0) is 8.69. The van der Waals surface area contributed by atoms with Gasteiger partial charge in [0.05, 0.1) is 0 Å². The van der Waals surface area contributed by atoms with Crippen LogP contribution in [-0.2, 0) is 4.74 Å².